The Morgan fingerprint density at radius 1 is 1.09 bits per heavy atom. The van der Waals surface area contributed by atoms with Gasteiger partial charge in [-0.15, -0.1) is 0 Å². The number of carbonyl (C=O) groups is 1. The number of carbonyl (C=O) groups excluding carboxylic acids is 1. The Labute approximate surface area is 139 Å². The molecule has 0 spiro atoms. The zero-order chi connectivity index (χ0) is 15.9. The van der Waals surface area contributed by atoms with Crippen molar-refractivity contribution in [3.63, 3.8) is 0 Å². The van der Waals surface area contributed by atoms with Crippen molar-refractivity contribution in [2.45, 2.75) is 19.3 Å². The molecule has 0 amide bonds. The van der Waals surface area contributed by atoms with Crippen molar-refractivity contribution in [3.05, 3.63) is 75.9 Å². The minimum absolute atomic E-state index is 0.0233. The van der Waals surface area contributed by atoms with Gasteiger partial charge in [-0.05, 0) is 23.8 Å². The standard InChI is InChI=1S/C19H18BrNO/c1-19(2)14-9-5-7-11-16(14)21(3)18(19)12-17(22)13-8-4-6-10-15(13)20/h4-12H,1-3H3. The van der Waals surface area contributed by atoms with E-state index in [4.69, 9.17) is 0 Å². The Balaban J connectivity index is 2.06. The molecule has 0 saturated carbocycles. The summed E-state index contributed by atoms with van der Waals surface area (Å²) in [6.07, 6.45) is 1.76. The van der Waals surface area contributed by atoms with Crippen LogP contribution in [-0.4, -0.2) is 12.8 Å². The van der Waals surface area contributed by atoms with Gasteiger partial charge in [-0.3, -0.25) is 4.79 Å². The maximum atomic E-state index is 12.7. The van der Waals surface area contributed by atoms with Crippen LogP contribution in [-0.2, 0) is 5.41 Å². The summed E-state index contributed by atoms with van der Waals surface area (Å²) in [4.78, 5) is 14.8. The lowest BCUT2D eigenvalue weighted by Crippen LogP contribution is -2.24. The topological polar surface area (TPSA) is 20.3 Å². The first-order valence-corrected chi connectivity index (χ1v) is 8.06. The average molecular weight is 356 g/mol. The molecule has 0 aromatic heterocycles. The number of hydrogen-bond acceptors (Lipinski definition) is 2. The number of rotatable bonds is 2. The molecule has 0 saturated heterocycles. The van der Waals surface area contributed by atoms with Crippen LogP contribution < -0.4 is 4.90 Å². The average Bonchev–Trinajstić information content (AvgIpc) is 2.69. The van der Waals surface area contributed by atoms with Gasteiger partial charge in [-0.1, -0.05) is 60.1 Å². The van der Waals surface area contributed by atoms with Crippen molar-refractivity contribution in [2.24, 2.45) is 0 Å². The van der Waals surface area contributed by atoms with E-state index in [1.165, 1.54) is 11.3 Å². The van der Waals surface area contributed by atoms with Crippen LogP contribution in [0.25, 0.3) is 0 Å². The highest BCUT2D eigenvalue weighted by atomic mass is 79.9. The molecular weight excluding hydrogens is 338 g/mol. The van der Waals surface area contributed by atoms with Gasteiger partial charge in [0.1, 0.15) is 0 Å². The predicted octanol–water partition coefficient (Wildman–Crippen LogP) is 4.94. The normalized spacial score (nSPS) is 17.6. The van der Waals surface area contributed by atoms with Gasteiger partial charge in [-0.2, -0.15) is 0 Å². The molecule has 112 valence electrons. The third-order valence-corrected chi connectivity index (χ3v) is 5.04. The smallest absolute Gasteiger partial charge is 0.188 e. The maximum Gasteiger partial charge on any atom is 0.188 e. The molecule has 1 heterocycles. The predicted molar refractivity (Wildman–Crippen MR) is 94.4 cm³/mol. The second kappa shape index (κ2) is 5.40. The first-order valence-electron chi connectivity index (χ1n) is 7.27. The molecule has 0 atom stereocenters. The molecule has 0 bridgehead atoms. The van der Waals surface area contributed by atoms with E-state index in [1.807, 2.05) is 43.4 Å². The largest absolute Gasteiger partial charge is 0.347 e. The number of ketones is 1. The van der Waals surface area contributed by atoms with Crippen molar-refractivity contribution in [1.82, 2.24) is 0 Å². The molecule has 3 rings (SSSR count). The van der Waals surface area contributed by atoms with Gasteiger partial charge in [0, 0.05) is 40.0 Å². The number of para-hydroxylation sites is 1. The van der Waals surface area contributed by atoms with E-state index in [0.29, 0.717) is 5.56 Å². The summed E-state index contributed by atoms with van der Waals surface area (Å²) in [7, 11) is 2.02. The molecule has 0 fully saturated rings. The Morgan fingerprint density at radius 2 is 1.73 bits per heavy atom. The molecule has 1 aliphatic rings. The van der Waals surface area contributed by atoms with Gasteiger partial charge in [0.05, 0.1) is 0 Å². The fraction of sp³-hybridized carbons (Fsp3) is 0.211. The highest BCUT2D eigenvalue weighted by Gasteiger charge is 2.38. The summed E-state index contributed by atoms with van der Waals surface area (Å²) in [5, 5.41) is 0. The van der Waals surface area contributed by atoms with E-state index >= 15 is 0 Å². The molecule has 0 unspecified atom stereocenters. The minimum Gasteiger partial charge on any atom is -0.347 e. The number of allylic oxidation sites excluding steroid dienone is 2. The molecule has 2 nitrogen and oxygen atoms in total. The molecule has 2 aromatic rings. The van der Waals surface area contributed by atoms with Gasteiger partial charge in [0.2, 0.25) is 0 Å². The summed E-state index contributed by atoms with van der Waals surface area (Å²) >= 11 is 3.45. The Morgan fingerprint density at radius 3 is 2.41 bits per heavy atom. The fourth-order valence-electron chi connectivity index (χ4n) is 3.12. The van der Waals surface area contributed by atoms with E-state index in [1.54, 1.807) is 6.08 Å². The third kappa shape index (κ3) is 2.30. The van der Waals surface area contributed by atoms with Crippen molar-refractivity contribution >= 4 is 27.4 Å². The quantitative estimate of drug-likeness (QED) is 0.561. The number of halogens is 1. The summed E-state index contributed by atoms with van der Waals surface area (Å²) in [5.74, 6) is 0.0233. The van der Waals surface area contributed by atoms with E-state index in [9.17, 15) is 4.79 Å². The SMILES string of the molecule is CN1C(=CC(=O)c2ccccc2Br)C(C)(C)c2ccccc21. The van der Waals surface area contributed by atoms with Crippen molar-refractivity contribution < 1.29 is 4.79 Å². The van der Waals surface area contributed by atoms with Gasteiger partial charge < -0.3 is 4.90 Å². The number of fused-ring (bicyclic) bond motifs is 1. The fourth-order valence-corrected chi connectivity index (χ4v) is 3.60. The summed E-state index contributed by atoms with van der Waals surface area (Å²) < 4.78 is 0.827. The molecular formula is C19H18BrNO. The van der Waals surface area contributed by atoms with Crippen molar-refractivity contribution in [1.29, 1.82) is 0 Å². The molecule has 0 radical (unpaired) electrons. The lowest BCUT2D eigenvalue weighted by atomic mass is 9.83. The molecule has 2 aromatic carbocycles. The Kier molecular flexibility index (Phi) is 3.69. The van der Waals surface area contributed by atoms with Gasteiger partial charge >= 0.3 is 0 Å². The van der Waals surface area contributed by atoms with Crippen LogP contribution in [0.3, 0.4) is 0 Å². The number of nitrogens with zero attached hydrogens (tertiary/aromatic N) is 1. The second-order valence-corrected chi connectivity index (χ2v) is 6.93. The zero-order valence-corrected chi connectivity index (χ0v) is 14.5. The lowest BCUT2D eigenvalue weighted by molar-refractivity contribution is 0.104. The summed E-state index contributed by atoms with van der Waals surface area (Å²) in [5.41, 5.74) is 3.95. The molecule has 0 aliphatic carbocycles. The minimum atomic E-state index is -0.178. The van der Waals surface area contributed by atoms with Crippen LogP contribution in [0, 0.1) is 0 Å². The van der Waals surface area contributed by atoms with Crippen molar-refractivity contribution in [2.75, 3.05) is 11.9 Å². The van der Waals surface area contributed by atoms with Crippen LogP contribution in [0.15, 0.2) is 64.8 Å². The van der Waals surface area contributed by atoms with E-state index in [-0.39, 0.29) is 11.2 Å². The third-order valence-electron chi connectivity index (χ3n) is 4.35. The van der Waals surface area contributed by atoms with Crippen molar-refractivity contribution in [3.8, 4) is 0 Å². The highest BCUT2D eigenvalue weighted by molar-refractivity contribution is 9.10. The molecule has 1 aliphatic heterocycles. The Bertz CT molecular complexity index is 777. The zero-order valence-electron chi connectivity index (χ0n) is 12.9. The van der Waals surface area contributed by atoms with Crippen LogP contribution in [0.5, 0.6) is 0 Å². The first-order chi connectivity index (χ1) is 10.4. The first kappa shape index (κ1) is 15.0. The van der Waals surface area contributed by atoms with Crippen LogP contribution in [0.2, 0.25) is 0 Å². The molecule has 0 N–H and O–H groups in total. The van der Waals surface area contributed by atoms with Gasteiger partial charge in [0.15, 0.2) is 5.78 Å². The highest BCUT2D eigenvalue weighted by Crippen LogP contribution is 2.46. The number of hydrogen-bond donors (Lipinski definition) is 0. The summed E-state index contributed by atoms with van der Waals surface area (Å²) in [6, 6.07) is 15.8. The molecule has 22 heavy (non-hydrogen) atoms. The van der Waals surface area contributed by atoms with Crippen LogP contribution in [0.4, 0.5) is 5.69 Å². The van der Waals surface area contributed by atoms with E-state index in [0.717, 1.165) is 10.2 Å². The lowest BCUT2D eigenvalue weighted by Gasteiger charge is -2.24. The molecule has 3 heteroatoms. The maximum absolute atomic E-state index is 12.7. The number of benzene rings is 2. The second-order valence-electron chi connectivity index (χ2n) is 6.07. The van der Waals surface area contributed by atoms with Crippen LogP contribution >= 0.6 is 15.9 Å². The van der Waals surface area contributed by atoms with E-state index < -0.39 is 0 Å². The van der Waals surface area contributed by atoms with E-state index in [2.05, 4.69) is 46.8 Å². The number of anilines is 1. The van der Waals surface area contributed by atoms with Crippen LogP contribution in [0.1, 0.15) is 29.8 Å². The Hall–Kier alpha value is -1.87. The van der Waals surface area contributed by atoms with Gasteiger partial charge in [-0.25, -0.2) is 0 Å². The van der Waals surface area contributed by atoms with Gasteiger partial charge in [0.25, 0.3) is 0 Å². The monoisotopic (exact) mass is 355 g/mol. The number of likely N-dealkylation sites (N-methyl/N-ethyl adjacent to an activating group) is 1. The summed E-state index contributed by atoms with van der Waals surface area (Å²) in [6.45, 7) is 4.32.